The van der Waals surface area contributed by atoms with E-state index in [0.29, 0.717) is 12.5 Å². The van der Waals surface area contributed by atoms with Crippen LogP contribution in [0.4, 0.5) is 4.79 Å². The lowest BCUT2D eigenvalue weighted by molar-refractivity contribution is 0.171. The van der Waals surface area contributed by atoms with E-state index >= 15 is 0 Å². The highest BCUT2D eigenvalue weighted by Gasteiger charge is 2.34. The smallest absolute Gasteiger partial charge is 0.407 e. The fraction of sp³-hybridized carbons (Fsp3) is 0.875. The van der Waals surface area contributed by atoms with Crippen molar-refractivity contribution in [3.8, 4) is 0 Å². The minimum absolute atomic E-state index is 0.134. The summed E-state index contributed by atoms with van der Waals surface area (Å²) in [4.78, 5) is 10.7. The lowest BCUT2D eigenvalue weighted by Gasteiger charge is -2.22. The highest BCUT2D eigenvalue weighted by Crippen LogP contribution is 2.20. The quantitative estimate of drug-likeness (QED) is 0.660. The van der Waals surface area contributed by atoms with Gasteiger partial charge in [-0.2, -0.15) is 0 Å². The number of carbonyl (C=O) groups is 1. The highest BCUT2D eigenvalue weighted by atomic mass is 16.6. The lowest BCUT2D eigenvalue weighted by Crippen LogP contribution is -2.41. The third kappa shape index (κ3) is 2.10. The molecule has 0 aliphatic carbocycles. The molecule has 1 N–H and O–H groups in total. The van der Waals surface area contributed by atoms with Gasteiger partial charge in [0.2, 0.25) is 0 Å². The molecular weight excluding hydrogens is 142 g/mol. The summed E-state index contributed by atoms with van der Waals surface area (Å²) < 4.78 is 4.82. The standard InChI is InChI=1S/C8H15NO2/c1-6(2)4-8(3)5-11-7(10)9-8/h6H,4-5H2,1-3H3,(H,9,10)/t8-/m0/s1. The van der Waals surface area contributed by atoms with Crippen molar-refractivity contribution in [3.63, 3.8) is 0 Å². The molecule has 1 aliphatic heterocycles. The first-order valence-corrected chi connectivity index (χ1v) is 3.97. The number of alkyl carbamates (subject to hydrolysis) is 1. The van der Waals surface area contributed by atoms with Gasteiger partial charge in [0.1, 0.15) is 6.61 Å². The minimum atomic E-state index is -0.284. The highest BCUT2D eigenvalue weighted by molar-refractivity contribution is 5.70. The summed E-state index contributed by atoms with van der Waals surface area (Å²) in [6.07, 6.45) is 0.687. The molecule has 0 unspecified atom stereocenters. The van der Waals surface area contributed by atoms with Gasteiger partial charge in [-0.25, -0.2) is 4.79 Å². The molecule has 1 rings (SSSR count). The Morgan fingerprint density at radius 1 is 1.73 bits per heavy atom. The molecule has 1 saturated heterocycles. The predicted octanol–water partition coefficient (Wildman–Crippen LogP) is 1.53. The van der Waals surface area contributed by atoms with Crippen LogP contribution in [0.3, 0.4) is 0 Å². The zero-order valence-electron chi connectivity index (χ0n) is 7.31. The second-order valence-corrected chi connectivity index (χ2v) is 3.86. The summed E-state index contributed by atoms with van der Waals surface area (Å²) in [5.41, 5.74) is -0.134. The van der Waals surface area contributed by atoms with Crippen LogP contribution >= 0.6 is 0 Å². The molecule has 3 heteroatoms. The van der Waals surface area contributed by atoms with Gasteiger partial charge in [-0.3, -0.25) is 0 Å². The van der Waals surface area contributed by atoms with Crippen LogP contribution in [0.1, 0.15) is 27.2 Å². The molecule has 64 valence electrons. The number of rotatable bonds is 2. The van der Waals surface area contributed by atoms with Crippen molar-refractivity contribution in [2.75, 3.05) is 6.61 Å². The van der Waals surface area contributed by atoms with E-state index in [1.165, 1.54) is 0 Å². The minimum Gasteiger partial charge on any atom is -0.447 e. The van der Waals surface area contributed by atoms with Crippen LogP contribution < -0.4 is 5.32 Å². The van der Waals surface area contributed by atoms with Crippen LogP contribution in [0, 0.1) is 5.92 Å². The second-order valence-electron chi connectivity index (χ2n) is 3.86. The molecule has 0 bridgehead atoms. The monoisotopic (exact) mass is 157 g/mol. The summed E-state index contributed by atoms with van der Waals surface area (Å²) in [6.45, 7) is 6.79. The van der Waals surface area contributed by atoms with Crippen molar-refractivity contribution in [1.82, 2.24) is 5.32 Å². The van der Waals surface area contributed by atoms with Gasteiger partial charge >= 0.3 is 6.09 Å². The van der Waals surface area contributed by atoms with Gasteiger partial charge in [0, 0.05) is 0 Å². The molecule has 3 nitrogen and oxygen atoms in total. The molecule has 1 fully saturated rings. The Morgan fingerprint density at radius 2 is 2.36 bits per heavy atom. The van der Waals surface area contributed by atoms with Crippen molar-refractivity contribution in [2.45, 2.75) is 32.7 Å². The molecule has 0 aromatic rings. The van der Waals surface area contributed by atoms with Crippen molar-refractivity contribution in [3.05, 3.63) is 0 Å². The number of hydrogen-bond acceptors (Lipinski definition) is 2. The average Bonchev–Trinajstić information content (AvgIpc) is 2.08. The maximum Gasteiger partial charge on any atom is 0.407 e. The topological polar surface area (TPSA) is 38.3 Å². The van der Waals surface area contributed by atoms with E-state index in [4.69, 9.17) is 4.74 Å². The van der Waals surface area contributed by atoms with E-state index in [9.17, 15) is 4.79 Å². The molecule has 1 heterocycles. The average molecular weight is 157 g/mol. The Morgan fingerprint density at radius 3 is 2.73 bits per heavy atom. The fourth-order valence-electron chi connectivity index (χ4n) is 1.55. The Bertz CT molecular complexity index is 167. The maximum absolute atomic E-state index is 10.7. The number of ether oxygens (including phenoxy) is 1. The first-order chi connectivity index (χ1) is 5.02. The zero-order valence-corrected chi connectivity index (χ0v) is 7.31. The van der Waals surface area contributed by atoms with Gasteiger partial charge in [0.15, 0.2) is 0 Å². The van der Waals surface area contributed by atoms with Crippen LogP contribution in [0.15, 0.2) is 0 Å². The summed E-state index contributed by atoms with van der Waals surface area (Å²) in [5.74, 6) is 0.585. The van der Waals surface area contributed by atoms with Gasteiger partial charge in [-0.1, -0.05) is 13.8 Å². The van der Waals surface area contributed by atoms with Gasteiger partial charge < -0.3 is 10.1 Å². The van der Waals surface area contributed by atoms with Crippen LogP contribution in [0.5, 0.6) is 0 Å². The predicted molar refractivity (Wildman–Crippen MR) is 42.3 cm³/mol. The molecule has 0 spiro atoms. The number of hydrogen-bond donors (Lipinski definition) is 1. The summed E-state index contributed by atoms with van der Waals surface area (Å²) in [6, 6.07) is 0. The number of amides is 1. The molecule has 0 radical (unpaired) electrons. The van der Waals surface area contributed by atoms with Crippen molar-refractivity contribution < 1.29 is 9.53 Å². The van der Waals surface area contributed by atoms with Crippen LogP contribution in [-0.2, 0) is 4.74 Å². The van der Waals surface area contributed by atoms with Gasteiger partial charge in [0.25, 0.3) is 0 Å². The number of nitrogens with one attached hydrogen (secondary N) is 1. The van der Waals surface area contributed by atoms with Crippen molar-refractivity contribution in [2.24, 2.45) is 5.92 Å². The Balaban J connectivity index is 2.48. The summed E-state index contributed by atoms with van der Waals surface area (Å²) in [7, 11) is 0. The van der Waals surface area contributed by atoms with Crippen molar-refractivity contribution >= 4 is 6.09 Å². The van der Waals surface area contributed by atoms with E-state index in [1.54, 1.807) is 0 Å². The van der Waals surface area contributed by atoms with E-state index in [1.807, 2.05) is 6.92 Å². The molecule has 1 aliphatic rings. The number of carbonyl (C=O) groups excluding carboxylic acids is 1. The second kappa shape index (κ2) is 2.72. The summed E-state index contributed by atoms with van der Waals surface area (Å²) in [5, 5.41) is 2.80. The fourth-order valence-corrected chi connectivity index (χ4v) is 1.55. The first kappa shape index (κ1) is 8.37. The summed E-state index contributed by atoms with van der Waals surface area (Å²) >= 11 is 0. The van der Waals surface area contributed by atoms with Gasteiger partial charge in [-0.05, 0) is 19.3 Å². The Kier molecular flexibility index (Phi) is 2.07. The largest absolute Gasteiger partial charge is 0.447 e. The molecule has 0 saturated carbocycles. The van der Waals surface area contributed by atoms with Crippen LogP contribution in [0.25, 0.3) is 0 Å². The molecule has 11 heavy (non-hydrogen) atoms. The molecule has 1 atom stereocenters. The van der Waals surface area contributed by atoms with E-state index in [2.05, 4.69) is 19.2 Å². The number of cyclic esters (lactones) is 1. The lowest BCUT2D eigenvalue weighted by atomic mass is 9.92. The van der Waals surface area contributed by atoms with E-state index < -0.39 is 0 Å². The molecule has 0 aromatic carbocycles. The van der Waals surface area contributed by atoms with E-state index in [0.717, 1.165) is 6.42 Å². The Labute approximate surface area is 67.1 Å². The Hall–Kier alpha value is -0.730. The van der Waals surface area contributed by atoms with Gasteiger partial charge in [-0.15, -0.1) is 0 Å². The maximum atomic E-state index is 10.7. The van der Waals surface area contributed by atoms with E-state index in [-0.39, 0.29) is 11.6 Å². The SMILES string of the molecule is CC(C)C[C@@]1(C)COC(=O)N1. The molecular formula is C8H15NO2. The van der Waals surface area contributed by atoms with Crippen LogP contribution in [0.2, 0.25) is 0 Å². The van der Waals surface area contributed by atoms with Crippen LogP contribution in [-0.4, -0.2) is 18.2 Å². The normalized spacial score (nSPS) is 30.4. The van der Waals surface area contributed by atoms with Gasteiger partial charge in [0.05, 0.1) is 5.54 Å². The van der Waals surface area contributed by atoms with Crippen molar-refractivity contribution in [1.29, 1.82) is 0 Å². The molecule has 1 amide bonds. The first-order valence-electron chi connectivity index (χ1n) is 3.97. The molecule has 0 aromatic heterocycles. The third-order valence-corrected chi connectivity index (χ3v) is 1.78. The zero-order chi connectivity index (χ0) is 8.48. The third-order valence-electron chi connectivity index (χ3n) is 1.78.